The van der Waals surface area contributed by atoms with E-state index in [1.54, 1.807) is 11.0 Å². The molecule has 1 aromatic heterocycles. The molecule has 1 saturated heterocycles. The van der Waals surface area contributed by atoms with E-state index in [1.807, 2.05) is 32.0 Å². The van der Waals surface area contributed by atoms with E-state index in [0.29, 0.717) is 24.5 Å². The Morgan fingerprint density at radius 2 is 1.80 bits per heavy atom. The van der Waals surface area contributed by atoms with Crippen molar-refractivity contribution in [3.05, 3.63) is 82.7 Å². The smallest absolute Gasteiger partial charge is 0.357 e. The van der Waals surface area contributed by atoms with Crippen molar-refractivity contribution in [2.45, 2.75) is 26.1 Å². The first kappa shape index (κ1) is 24.3. The van der Waals surface area contributed by atoms with Crippen LogP contribution in [0.15, 0.2) is 54.7 Å². The van der Waals surface area contributed by atoms with Crippen LogP contribution in [0.2, 0.25) is 0 Å². The molecule has 1 amide bonds. The van der Waals surface area contributed by atoms with Crippen molar-refractivity contribution in [2.75, 3.05) is 29.9 Å². The number of anilines is 2. The van der Waals surface area contributed by atoms with Crippen molar-refractivity contribution < 1.29 is 22.8 Å². The number of alkyl halides is 3. The SMILES string of the molecule is Cc1cc(C)cc(NC(=O)c2nnccc2N2CCNCC2C(=O)c2ccccc2C(F)(F)F)c1. The molecule has 4 rings (SSSR count). The predicted molar refractivity (Wildman–Crippen MR) is 126 cm³/mol. The quantitative estimate of drug-likeness (QED) is 0.533. The monoisotopic (exact) mass is 483 g/mol. The maximum Gasteiger partial charge on any atom is 0.417 e. The molecule has 1 atom stereocenters. The Bertz CT molecular complexity index is 1240. The van der Waals surface area contributed by atoms with Gasteiger partial charge in [-0.15, -0.1) is 5.10 Å². The van der Waals surface area contributed by atoms with E-state index in [4.69, 9.17) is 0 Å². The lowest BCUT2D eigenvalue weighted by atomic mass is 9.95. The highest BCUT2D eigenvalue weighted by molar-refractivity contribution is 6.08. The van der Waals surface area contributed by atoms with Gasteiger partial charge in [-0.1, -0.05) is 24.3 Å². The first-order valence-electron chi connectivity index (χ1n) is 11.0. The molecular formula is C25H24F3N5O2. The molecule has 0 saturated carbocycles. The lowest BCUT2D eigenvalue weighted by Gasteiger charge is -2.37. The maximum absolute atomic E-state index is 13.6. The van der Waals surface area contributed by atoms with Gasteiger partial charge in [0.1, 0.15) is 6.04 Å². The van der Waals surface area contributed by atoms with E-state index >= 15 is 0 Å². The van der Waals surface area contributed by atoms with Crippen LogP contribution < -0.4 is 15.5 Å². The number of nitrogens with one attached hydrogen (secondary N) is 2. The second-order valence-electron chi connectivity index (χ2n) is 8.42. The molecule has 182 valence electrons. The molecule has 0 aliphatic carbocycles. The van der Waals surface area contributed by atoms with Crippen LogP contribution in [0.1, 0.15) is 37.5 Å². The van der Waals surface area contributed by atoms with Gasteiger partial charge in [0.2, 0.25) is 0 Å². The molecule has 35 heavy (non-hydrogen) atoms. The predicted octanol–water partition coefficient (Wildman–Crippen LogP) is 4.03. The number of benzene rings is 2. The number of carbonyl (C=O) groups excluding carboxylic acids is 2. The van der Waals surface area contributed by atoms with Crippen molar-refractivity contribution in [3.63, 3.8) is 0 Å². The zero-order valence-electron chi connectivity index (χ0n) is 19.2. The molecule has 7 nitrogen and oxygen atoms in total. The fourth-order valence-electron chi connectivity index (χ4n) is 4.31. The normalized spacial score (nSPS) is 16.1. The van der Waals surface area contributed by atoms with Crippen molar-refractivity contribution in [1.82, 2.24) is 15.5 Å². The Hall–Kier alpha value is -3.79. The molecule has 2 N–H and O–H groups in total. The molecule has 1 unspecified atom stereocenters. The van der Waals surface area contributed by atoms with Crippen molar-refractivity contribution >= 4 is 23.1 Å². The number of Topliss-reactive ketones (excluding diaryl/α,β-unsaturated/α-hetero) is 1. The van der Waals surface area contributed by atoms with E-state index in [9.17, 15) is 22.8 Å². The second-order valence-corrected chi connectivity index (χ2v) is 8.42. The number of hydrogen-bond donors (Lipinski definition) is 2. The van der Waals surface area contributed by atoms with E-state index in [0.717, 1.165) is 17.2 Å². The number of ketones is 1. The Balaban J connectivity index is 1.68. The van der Waals surface area contributed by atoms with E-state index in [1.165, 1.54) is 24.4 Å². The first-order chi connectivity index (χ1) is 16.6. The zero-order chi connectivity index (χ0) is 25.2. The molecule has 1 fully saturated rings. The van der Waals surface area contributed by atoms with Crippen LogP contribution >= 0.6 is 0 Å². The summed E-state index contributed by atoms with van der Waals surface area (Å²) in [6, 6.07) is 10.9. The third kappa shape index (κ3) is 5.32. The van der Waals surface area contributed by atoms with Crippen LogP contribution in [-0.4, -0.2) is 47.6 Å². The largest absolute Gasteiger partial charge is 0.417 e. The molecule has 10 heteroatoms. The minimum Gasteiger partial charge on any atom is -0.357 e. The minimum atomic E-state index is -4.67. The van der Waals surface area contributed by atoms with Crippen LogP contribution in [0, 0.1) is 13.8 Å². The van der Waals surface area contributed by atoms with E-state index in [2.05, 4.69) is 20.8 Å². The number of rotatable bonds is 5. The standard InChI is InChI=1S/C25H24F3N5O2/c1-15-11-16(2)13-17(12-15)31-24(35)22-20(7-8-30-32-22)33-10-9-29-14-21(33)23(34)18-5-3-4-6-19(18)25(26,27)28/h3-8,11-13,21,29H,9-10,14H2,1-2H3,(H,31,35). The van der Waals surface area contributed by atoms with Crippen LogP contribution in [0.4, 0.5) is 24.5 Å². The number of carbonyl (C=O) groups is 2. The molecule has 0 radical (unpaired) electrons. The summed E-state index contributed by atoms with van der Waals surface area (Å²) in [5.41, 5.74) is 1.42. The zero-order valence-corrected chi connectivity index (χ0v) is 19.2. The molecule has 1 aliphatic rings. The van der Waals surface area contributed by atoms with Crippen molar-refractivity contribution in [1.29, 1.82) is 0 Å². The summed E-state index contributed by atoms with van der Waals surface area (Å²) in [6.07, 6.45) is -3.29. The molecule has 3 aromatic rings. The lowest BCUT2D eigenvalue weighted by molar-refractivity contribution is -0.137. The van der Waals surface area contributed by atoms with Gasteiger partial charge in [-0.2, -0.15) is 18.3 Å². The third-order valence-electron chi connectivity index (χ3n) is 5.75. The number of hydrogen-bond acceptors (Lipinski definition) is 6. The topological polar surface area (TPSA) is 87.2 Å². The number of nitrogens with zero attached hydrogens (tertiary/aromatic N) is 3. The summed E-state index contributed by atoms with van der Waals surface area (Å²) in [7, 11) is 0. The van der Waals surface area contributed by atoms with E-state index < -0.39 is 35.0 Å². The van der Waals surface area contributed by atoms with Gasteiger partial charge in [-0.3, -0.25) is 9.59 Å². The lowest BCUT2D eigenvalue weighted by Crippen LogP contribution is -2.55. The van der Waals surface area contributed by atoms with Crippen molar-refractivity contribution in [2.24, 2.45) is 0 Å². The van der Waals surface area contributed by atoms with Crippen LogP contribution in [0.3, 0.4) is 0 Å². The van der Waals surface area contributed by atoms with Crippen molar-refractivity contribution in [3.8, 4) is 0 Å². The van der Waals surface area contributed by atoms with Gasteiger partial charge in [0.15, 0.2) is 11.5 Å². The van der Waals surface area contributed by atoms with E-state index in [-0.39, 0.29) is 12.2 Å². The number of aromatic nitrogens is 2. The Morgan fingerprint density at radius 3 is 2.51 bits per heavy atom. The second kappa shape index (κ2) is 9.83. The summed E-state index contributed by atoms with van der Waals surface area (Å²) in [6.45, 7) is 4.70. The number of amides is 1. The third-order valence-corrected chi connectivity index (χ3v) is 5.75. The van der Waals surface area contributed by atoms with Crippen LogP contribution in [0.25, 0.3) is 0 Å². The van der Waals surface area contributed by atoms with Crippen LogP contribution in [-0.2, 0) is 6.18 Å². The average Bonchev–Trinajstić information content (AvgIpc) is 2.82. The summed E-state index contributed by atoms with van der Waals surface area (Å²) in [5.74, 6) is -1.22. The number of aryl methyl sites for hydroxylation is 2. The van der Waals surface area contributed by atoms with Crippen LogP contribution in [0.5, 0.6) is 0 Å². The molecule has 2 aromatic carbocycles. The average molecular weight is 483 g/mol. The fourth-order valence-corrected chi connectivity index (χ4v) is 4.31. The highest BCUT2D eigenvalue weighted by Crippen LogP contribution is 2.33. The van der Waals surface area contributed by atoms with Gasteiger partial charge in [0, 0.05) is 30.9 Å². The van der Waals surface area contributed by atoms with Gasteiger partial charge in [-0.25, -0.2) is 0 Å². The highest BCUT2D eigenvalue weighted by Gasteiger charge is 2.39. The minimum absolute atomic E-state index is 0.0181. The molecule has 1 aliphatic heterocycles. The maximum atomic E-state index is 13.6. The van der Waals surface area contributed by atoms with Gasteiger partial charge >= 0.3 is 6.18 Å². The number of halogens is 3. The highest BCUT2D eigenvalue weighted by atomic mass is 19.4. The summed E-state index contributed by atoms with van der Waals surface area (Å²) >= 11 is 0. The molecule has 2 heterocycles. The fraction of sp³-hybridized carbons (Fsp3) is 0.280. The Labute approximate surface area is 200 Å². The van der Waals surface area contributed by atoms with Gasteiger partial charge < -0.3 is 15.5 Å². The first-order valence-corrected chi connectivity index (χ1v) is 11.0. The van der Waals surface area contributed by atoms with Gasteiger partial charge in [-0.05, 0) is 49.2 Å². The Morgan fingerprint density at radius 1 is 1.09 bits per heavy atom. The van der Waals surface area contributed by atoms with Gasteiger partial charge in [0.25, 0.3) is 5.91 Å². The molecular weight excluding hydrogens is 459 g/mol. The Kier molecular flexibility index (Phi) is 6.83. The molecule has 0 spiro atoms. The summed E-state index contributed by atoms with van der Waals surface area (Å²) < 4.78 is 40.7. The molecule has 0 bridgehead atoms. The summed E-state index contributed by atoms with van der Waals surface area (Å²) in [5, 5.41) is 13.7. The van der Waals surface area contributed by atoms with Gasteiger partial charge in [0.05, 0.1) is 17.4 Å². The number of piperazine rings is 1. The summed E-state index contributed by atoms with van der Waals surface area (Å²) in [4.78, 5) is 28.1.